The number of hydrogen-bond acceptors (Lipinski definition) is 3. The number of anilines is 1. The molecule has 26 heavy (non-hydrogen) atoms. The monoisotopic (exact) mass is 373 g/mol. The maximum Gasteiger partial charge on any atom is 0.238 e. The van der Waals surface area contributed by atoms with E-state index < -0.39 is 0 Å². The number of benzene rings is 2. The van der Waals surface area contributed by atoms with Crippen LogP contribution >= 0.6 is 11.6 Å². The van der Waals surface area contributed by atoms with Crippen LogP contribution in [-0.4, -0.2) is 36.9 Å². The first kappa shape index (κ1) is 19.9. The Hall–Kier alpha value is -2.37. The van der Waals surface area contributed by atoms with Crippen LogP contribution in [0.4, 0.5) is 5.69 Å². The topological polar surface area (TPSA) is 61.4 Å². The largest absolute Gasteiger partial charge is 0.348 e. The molecule has 0 unspecified atom stereocenters. The Morgan fingerprint density at radius 2 is 1.65 bits per heavy atom. The molecule has 2 aromatic carbocycles. The number of aryl methyl sites for hydroxylation is 1. The Morgan fingerprint density at radius 1 is 1.04 bits per heavy atom. The lowest BCUT2D eigenvalue weighted by molar-refractivity contribution is -0.123. The summed E-state index contributed by atoms with van der Waals surface area (Å²) < 4.78 is 0. The van der Waals surface area contributed by atoms with Crippen LogP contribution in [0.5, 0.6) is 0 Å². The van der Waals surface area contributed by atoms with Crippen molar-refractivity contribution in [3.63, 3.8) is 0 Å². The first-order valence-corrected chi connectivity index (χ1v) is 8.82. The number of rotatable bonds is 7. The number of carbonyl (C=O) groups excluding carboxylic acids is 2. The van der Waals surface area contributed by atoms with Crippen LogP contribution in [0.3, 0.4) is 0 Å². The van der Waals surface area contributed by atoms with Crippen molar-refractivity contribution in [1.29, 1.82) is 0 Å². The van der Waals surface area contributed by atoms with Crippen LogP contribution in [-0.2, 0) is 9.59 Å². The summed E-state index contributed by atoms with van der Waals surface area (Å²) in [6.45, 7) is 4.11. The Morgan fingerprint density at radius 3 is 2.31 bits per heavy atom. The van der Waals surface area contributed by atoms with Gasteiger partial charge >= 0.3 is 0 Å². The highest BCUT2D eigenvalue weighted by molar-refractivity contribution is 6.31. The average molecular weight is 374 g/mol. The van der Waals surface area contributed by atoms with Crippen molar-refractivity contribution in [3.8, 4) is 0 Å². The molecule has 138 valence electrons. The highest BCUT2D eigenvalue weighted by atomic mass is 35.5. The van der Waals surface area contributed by atoms with Crippen LogP contribution in [0.15, 0.2) is 48.5 Å². The standard InChI is InChI=1S/C20H24ClN3O2/c1-14-8-10-16(11-9-14)23-20(26)13-24(3)12-19(25)22-15(2)17-6-4-5-7-18(17)21/h4-11,15H,12-13H2,1-3H3,(H,22,25)(H,23,26)/t15-/m0/s1. The summed E-state index contributed by atoms with van der Waals surface area (Å²) in [6, 6.07) is 14.8. The molecule has 2 N–H and O–H groups in total. The zero-order valence-electron chi connectivity index (χ0n) is 15.3. The lowest BCUT2D eigenvalue weighted by atomic mass is 10.1. The number of nitrogens with zero attached hydrogens (tertiary/aromatic N) is 1. The van der Waals surface area contributed by atoms with Crippen molar-refractivity contribution in [2.45, 2.75) is 19.9 Å². The van der Waals surface area contributed by atoms with Gasteiger partial charge in [-0.3, -0.25) is 14.5 Å². The number of likely N-dealkylation sites (N-methyl/N-ethyl adjacent to an activating group) is 1. The molecule has 0 bridgehead atoms. The Balaban J connectivity index is 1.80. The van der Waals surface area contributed by atoms with Gasteiger partial charge in [0.1, 0.15) is 0 Å². The fraction of sp³-hybridized carbons (Fsp3) is 0.300. The molecule has 0 aliphatic heterocycles. The van der Waals surface area contributed by atoms with E-state index in [2.05, 4.69) is 10.6 Å². The molecule has 0 heterocycles. The number of hydrogen-bond donors (Lipinski definition) is 2. The van der Waals surface area contributed by atoms with Crippen LogP contribution < -0.4 is 10.6 Å². The van der Waals surface area contributed by atoms with Gasteiger partial charge in [-0.1, -0.05) is 47.5 Å². The van der Waals surface area contributed by atoms with E-state index in [1.165, 1.54) is 0 Å². The van der Waals surface area contributed by atoms with Gasteiger partial charge in [-0.15, -0.1) is 0 Å². The second kappa shape index (κ2) is 9.36. The summed E-state index contributed by atoms with van der Waals surface area (Å²) in [7, 11) is 1.73. The average Bonchev–Trinajstić information content (AvgIpc) is 2.56. The summed E-state index contributed by atoms with van der Waals surface area (Å²) in [5.41, 5.74) is 2.73. The highest BCUT2D eigenvalue weighted by Gasteiger charge is 2.15. The van der Waals surface area contributed by atoms with Gasteiger partial charge in [-0.25, -0.2) is 0 Å². The molecule has 6 heteroatoms. The maximum atomic E-state index is 12.2. The van der Waals surface area contributed by atoms with Crippen LogP contribution in [0, 0.1) is 6.92 Å². The molecule has 0 radical (unpaired) electrons. The van der Waals surface area contributed by atoms with Crippen molar-refractivity contribution >= 4 is 29.1 Å². The van der Waals surface area contributed by atoms with Gasteiger partial charge in [0.2, 0.25) is 11.8 Å². The minimum absolute atomic E-state index is 0.121. The highest BCUT2D eigenvalue weighted by Crippen LogP contribution is 2.21. The molecule has 2 amide bonds. The Labute approximate surface area is 159 Å². The van der Waals surface area contributed by atoms with Crippen molar-refractivity contribution < 1.29 is 9.59 Å². The van der Waals surface area contributed by atoms with Gasteiger partial charge in [-0.05, 0) is 44.7 Å². The minimum atomic E-state index is -0.203. The predicted octanol–water partition coefficient (Wildman–Crippen LogP) is 3.40. The first-order valence-electron chi connectivity index (χ1n) is 8.44. The molecule has 0 aromatic heterocycles. The number of halogens is 1. The fourth-order valence-corrected chi connectivity index (χ4v) is 2.87. The smallest absolute Gasteiger partial charge is 0.238 e. The molecule has 0 fully saturated rings. The quantitative estimate of drug-likeness (QED) is 0.782. The molecule has 0 aliphatic rings. The van der Waals surface area contributed by atoms with Crippen molar-refractivity contribution in [2.24, 2.45) is 0 Å². The third-order valence-electron chi connectivity index (χ3n) is 3.91. The molecule has 1 atom stereocenters. The lowest BCUT2D eigenvalue weighted by Crippen LogP contribution is -2.39. The van der Waals surface area contributed by atoms with E-state index in [0.29, 0.717) is 5.02 Å². The van der Waals surface area contributed by atoms with Gasteiger partial charge in [0.05, 0.1) is 19.1 Å². The van der Waals surface area contributed by atoms with Gasteiger partial charge in [-0.2, -0.15) is 0 Å². The molecule has 0 aliphatic carbocycles. The maximum absolute atomic E-state index is 12.2. The third kappa shape index (κ3) is 6.17. The summed E-state index contributed by atoms with van der Waals surface area (Å²) in [6.07, 6.45) is 0. The van der Waals surface area contributed by atoms with Gasteiger partial charge in [0.15, 0.2) is 0 Å². The van der Waals surface area contributed by atoms with E-state index >= 15 is 0 Å². The molecule has 0 saturated heterocycles. The SMILES string of the molecule is Cc1ccc(NC(=O)CN(C)CC(=O)N[C@@H](C)c2ccccc2Cl)cc1. The van der Waals surface area contributed by atoms with Crippen molar-refractivity contribution in [1.82, 2.24) is 10.2 Å². The van der Waals surface area contributed by atoms with E-state index in [9.17, 15) is 9.59 Å². The lowest BCUT2D eigenvalue weighted by Gasteiger charge is -2.19. The van der Waals surface area contributed by atoms with Gasteiger partial charge in [0, 0.05) is 10.7 Å². The zero-order valence-corrected chi connectivity index (χ0v) is 16.0. The fourth-order valence-electron chi connectivity index (χ4n) is 2.57. The summed E-state index contributed by atoms with van der Waals surface area (Å²) in [4.78, 5) is 25.9. The minimum Gasteiger partial charge on any atom is -0.348 e. The molecule has 2 aromatic rings. The zero-order chi connectivity index (χ0) is 19.1. The molecular weight excluding hydrogens is 350 g/mol. The summed E-state index contributed by atoms with van der Waals surface area (Å²) >= 11 is 6.15. The van der Waals surface area contributed by atoms with E-state index in [1.807, 2.05) is 56.3 Å². The number of amides is 2. The third-order valence-corrected chi connectivity index (χ3v) is 4.26. The number of nitrogens with one attached hydrogen (secondary N) is 2. The molecular formula is C20H24ClN3O2. The van der Waals surface area contributed by atoms with Crippen LogP contribution in [0.25, 0.3) is 0 Å². The van der Waals surface area contributed by atoms with Crippen LogP contribution in [0.1, 0.15) is 24.1 Å². The van der Waals surface area contributed by atoms with E-state index in [0.717, 1.165) is 16.8 Å². The van der Waals surface area contributed by atoms with Crippen molar-refractivity contribution in [2.75, 3.05) is 25.5 Å². The van der Waals surface area contributed by atoms with Crippen LogP contribution in [0.2, 0.25) is 5.02 Å². The first-order chi connectivity index (χ1) is 12.3. The molecule has 5 nitrogen and oxygen atoms in total. The van der Waals surface area contributed by atoms with Gasteiger partial charge < -0.3 is 10.6 Å². The molecule has 2 rings (SSSR count). The number of carbonyl (C=O) groups is 2. The molecule has 0 saturated carbocycles. The summed E-state index contributed by atoms with van der Waals surface area (Å²) in [5, 5.41) is 6.33. The summed E-state index contributed by atoms with van der Waals surface area (Å²) in [5.74, 6) is -0.327. The van der Waals surface area contributed by atoms with E-state index in [-0.39, 0.29) is 30.9 Å². The predicted molar refractivity (Wildman–Crippen MR) is 105 cm³/mol. The normalized spacial score (nSPS) is 11.9. The van der Waals surface area contributed by atoms with E-state index in [1.54, 1.807) is 18.0 Å². The Kier molecular flexibility index (Phi) is 7.18. The van der Waals surface area contributed by atoms with Gasteiger partial charge in [0.25, 0.3) is 0 Å². The molecule has 0 spiro atoms. The van der Waals surface area contributed by atoms with Crippen molar-refractivity contribution in [3.05, 3.63) is 64.7 Å². The second-order valence-corrected chi connectivity index (χ2v) is 6.80. The Bertz CT molecular complexity index is 762. The van der Waals surface area contributed by atoms with E-state index in [4.69, 9.17) is 11.6 Å². The second-order valence-electron chi connectivity index (χ2n) is 6.40.